The number of halogens is 1. The minimum atomic E-state index is -3.51. The first-order valence-corrected chi connectivity index (χ1v) is 8.79. The van der Waals surface area contributed by atoms with Crippen LogP contribution in [0, 0.1) is 0 Å². The molecule has 1 aliphatic heterocycles. The van der Waals surface area contributed by atoms with Crippen LogP contribution in [0.4, 0.5) is 0 Å². The van der Waals surface area contributed by atoms with Gasteiger partial charge >= 0.3 is 0 Å². The van der Waals surface area contributed by atoms with Gasteiger partial charge in [-0.2, -0.15) is 4.31 Å². The van der Waals surface area contributed by atoms with Crippen molar-refractivity contribution in [2.75, 3.05) is 19.6 Å². The van der Waals surface area contributed by atoms with E-state index in [1.165, 1.54) is 4.31 Å². The van der Waals surface area contributed by atoms with Crippen molar-refractivity contribution in [3.05, 3.63) is 28.8 Å². The molecule has 0 aliphatic carbocycles. The molecule has 1 aromatic carbocycles. The molecule has 1 atom stereocenters. The Bertz CT molecular complexity index is 575. The fourth-order valence-corrected chi connectivity index (χ4v) is 4.50. The second kappa shape index (κ2) is 6.43. The number of benzene rings is 1. The Morgan fingerprint density at radius 2 is 2.20 bits per heavy atom. The molecule has 0 bridgehead atoms. The van der Waals surface area contributed by atoms with Gasteiger partial charge in [-0.3, -0.25) is 0 Å². The fourth-order valence-electron chi connectivity index (χ4n) is 2.44. The predicted octanol–water partition coefficient (Wildman–Crippen LogP) is 2.27. The van der Waals surface area contributed by atoms with Gasteiger partial charge in [0, 0.05) is 25.7 Å². The van der Waals surface area contributed by atoms with E-state index in [1.54, 1.807) is 12.1 Å². The Kier molecular flexibility index (Phi) is 5.07. The number of piperazine rings is 1. The lowest BCUT2D eigenvalue weighted by atomic mass is 10.1. The molecule has 0 spiro atoms. The zero-order valence-corrected chi connectivity index (χ0v) is 13.5. The highest BCUT2D eigenvalue weighted by Crippen LogP contribution is 2.27. The van der Waals surface area contributed by atoms with E-state index in [1.807, 2.05) is 13.0 Å². The van der Waals surface area contributed by atoms with Crippen molar-refractivity contribution >= 4 is 21.6 Å². The summed E-state index contributed by atoms with van der Waals surface area (Å²) in [6, 6.07) is 5.46. The number of nitrogens with one attached hydrogen (secondary N) is 1. The van der Waals surface area contributed by atoms with Crippen LogP contribution in [-0.4, -0.2) is 38.4 Å². The van der Waals surface area contributed by atoms with E-state index in [0.717, 1.165) is 18.4 Å². The van der Waals surface area contributed by atoms with Crippen LogP contribution < -0.4 is 5.32 Å². The van der Waals surface area contributed by atoms with E-state index >= 15 is 0 Å². The minimum absolute atomic E-state index is 0.163. The normalized spacial score (nSPS) is 21.1. The lowest BCUT2D eigenvalue weighted by molar-refractivity contribution is 0.310. The molecule has 0 radical (unpaired) electrons. The maximum absolute atomic E-state index is 12.7. The highest BCUT2D eigenvalue weighted by molar-refractivity contribution is 7.89. The second-order valence-corrected chi connectivity index (χ2v) is 7.55. The minimum Gasteiger partial charge on any atom is -0.312 e. The van der Waals surface area contributed by atoms with Crippen LogP contribution in [-0.2, 0) is 16.4 Å². The maximum Gasteiger partial charge on any atom is 0.244 e. The molecule has 0 amide bonds. The Labute approximate surface area is 126 Å². The molecule has 1 saturated heterocycles. The van der Waals surface area contributed by atoms with E-state index in [9.17, 15) is 8.42 Å². The van der Waals surface area contributed by atoms with Crippen LogP contribution in [0.15, 0.2) is 23.1 Å². The van der Waals surface area contributed by atoms with Crippen molar-refractivity contribution in [2.45, 2.75) is 37.6 Å². The summed E-state index contributed by atoms with van der Waals surface area (Å²) in [6.07, 6.45) is 1.84. The predicted molar refractivity (Wildman–Crippen MR) is 81.7 cm³/mol. The average molecular weight is 317 g/mol. The summed E-state index contributed by atoms with van der Waals surface area (Å²) < 4.78 is 27.0. The maximum atomic E-state index is 12.7. The topological polar surface area (TPSA) is 49.4 Å². The summed E-state index contributed by atoms with van der Waals surface area (Å²) in [4.78, 5) is 0.235. The third-order valence-electron chi connectivity index (χ3n) is 3.48. The average Bonchev–Trinajstić information content (AvgIpc) is 2.41. The molecule has 4 nitrogen and oxygen atoms in total. The Morgan fingerprint density at radius 3 is 2.85 bits per heavy atom. The summed E-state index contributed by atoms with van der Waals surface area (Å²) in [5.74, 6) is 0. The molecule has 1 aromatic rings. The van der Waals surface area contributed by atoms with Gasteiger partial charge in [-0.1, -0.05) is 31.0 Å². The van der Waals surface area contributed by atoms with Gasteiger partial charge in [-0.15, -0.1) is 0 Å². The third kappa shape index (κ3) is 3.34. The Balaban J connectivity index is 2.35. The zero-order valence-electron chi connectivity index (χ0n) is 11.9. The number of hydrogen-bond donors (Lipinski definition) is 1. The van der Waals surface area contributed by atoms with E-state index in [2.05, 4.69) is 12.2 Å². The number of aryl methyl sites for hydroxylation is 1. The SMILES string of the molecule is CCCc1ccc(Cl)c(S(=O)(=O)N2CCNC(C)C2)c1. The van der Waals surface area contributed by atoms with Gasteiger partial charge in [0.2, 0.25) is 10.0 Å². The standard InChI is InChI=1S/C14H21ClN2O2S/c1-3-4-12-5-6-13(15)14(9-12)20(18,19)17-8-7-16-11(2)10-17/h5-6,9,11,16H,3-4,7-8,10H2,1-2H3. The van der Waals surface area contributed by atoms with Gasteiger partial charge < -0.3 is 5.32 Å². The second-order valence-electron chi connectivity index (χ2n) is 5.23. The molecular weight excluding hydrogens is 296 g/mol. The Hall–Kier alpha value is -0.620. The lowest BCUT2D eigenvalue weighted by Crippen LogP contribution is -2.51. The van der Waals surface area contributed by atoms with Crippen LogP contribution in [0.2, 0.25) is 5.02 Å². The first-order chi connectivity index (χ1) is 9.45. The highest BCUT2D eigenvalue weighted by Gasteiger charge is 2.30. The van der Waals surface area contributed by atoms with Crippen molar-refractivity contribution < 1.29 is 8.42 Å². The first kappa shape index (κ1) is 15.8. The molecule has 1 unspecified atom stereocenters. The Morgan fingerprint density at radius 1 is 1.45 bits per heavy atom. The van der Waals surface area contributed by atoms with Crippen molar-refractivity contribution in [3.8, 4) is 0 Å². The summed E-state index contributed by atoms with van der Waals surface area (Å²) in [7, 11) is -3.51. The summed E-state index contributed by atoms with van der Waals surface area (Å²) in [5.41, 5.74) is 1.01. The molecule has 1 aliphatic rings. The molecule has 0 saturated carbocycles. The van der Waals surface area contributed by atoms with E-state index in [0.29, 0.717) is 24.7 Å². The number of sulfonamides is 1. The number of nitrogens with zero attached hydrogens (tertiary/aromatic N) is 1. The van der Waals surface area contributed by atoms with Gasteiger partial charge in [0.05, 0.1) is 5.02 Å². The molecule has 20 heavy (non-hydrogen) atoms. The molecule has 1 heterocycles. The van der Waals surface area contributed by atoms with E-state index in [-0.39, 0.29) is 10.9 Å². The van der Waals surface area contributed by atoms with Crippen LogP contribution in [0.1, 0.15) is 25.8 Å². The van der Waals surface area contributed by atoms with Gasteiger partial charge in [0.1, 0.15) is 4.90 Å². The van der Waals surface area contributed by atoms with Crippen molar-refractivity contribution in [1.29, 1.82) is 0 Å². The highest BCUT2D eigenvalue weighted by atomic mass is 35.5. The van der Waals surface area contributed by atoms with Crippen LogP contribution in [0.3, 0.4) is 0 Å². The molecule has 0 aromatic heterocycles. The van der Waals surface area contributed by atoms with E-state index < -0.39 is 10.0 Å². The molecule has 2 rings (SSSR count). The van der Waals surface area contributed by atoms with Crippen LogP contribution in [0.5, 0.6) is 0 Å². The molecule has 1 fully saturated rings. The van der Waals surface area contributed by atoms with Crippen molar-refractivity contribution in [1.82, 2.24) is 9.62 Å². The summed E-state index contributed by atoms with van der Waals surface area (Å²) >= 11 is 6.12. The van der Waals surface area contributed by atoms with Gasteiger partial charge in [0.15, 0.2) is 0 Å². The fraction of sp³-hybridized carbons (Fsp3) is 0.571. The largest absolute Gasteiger partial charge is 0.312 e. The van der Waals surface area contributed by atoms with Crippen LogP contribution >= 0.6 is 11.6 Å². The first-order valence-electron chi connectivity index (χ1n) is 6.97. The summed E-state index contributed by atoms with van der Waals surface area (Å²) in [5, 5.41) is 3.54. The molecule has 112 valence electrons. The van der Waals surface area contributed by atoms with Gasteiger partial charge in [-0.05, 0) is 31.0 Å². The molecule has 1 N–H and O–H groups in total. The monoisotopic (exact) mass is 316 g/mol. The number of rotatable bonds is 4. The summed E-state index contributed by atoms with van der Waals surface area (Å²) in [6.45, 7) is 5.70. The molecular formula is C14H21ClN2O2S. The van der Waals surface area contributed by atoms with Crippen molar-refractivity contribution in [3.63, 3.8) is 0 Å². The van der Waals surface area contributed by atoms with Gasteiger partial charge in [0.25, 0.3) is 0 Å². The number of hydrogen-bond acceptors (Lipinski definition) is 3. The zero-order chi connectivity index (χ0) is 14.8. The van der Waals surface area contributed by atoms with Gasteiger partial charge in [-0.25, -0.2) is 8.42 Å². The molecule has 6 heteroatoms. The van der Waals surface area contributed by atoms with Crippen LogP contribution in [0.25, 0.3) is 0 Å². The third-order valence-corrected chi connectivity index (χ3v) is 5.83. The lowest BCUT2D eigenvalue weighted by Gasteiger charge is -2.31. The van der Waals surface area contributed by atoms with Crippen molar-refractivity contribution in [2.24, 2.45) is 0 Å². The van der Waals surface area contributed by atoms with E-state index in [4.69, 9.17) is 11.6 Å². The smallest absolute Gasteiger partial charge is 0.244 e. The quantitative estimate of drug-likeness (QED) is 0.927.